The van der Waals surface area contributed by atoms with Crippen LogP contribution in [0.1, 0.15) is 5.56 Å². The third kappa shape index (κ3) is 3.75. The van der Waals surface area contributed by atoms with Gasteiger partial charge in [0.05, 0.1) is 12.7 Å². The fourth-order valence-corrected chi connectivity index (χ4v) is 2.29. The average molecular weight is 284 g/mol. The molecule has 0 N–H and O–H groups in total. The van der Waals surface area contributed by atoms with E-state index >= 15 is 0 Å². The Hall–Kier alpha value is -1.45. The molecule has 0 radical (unpaired) electrons. The predicted molar refractivity (Wildman–Crippen MR) is 68.4 cm³/mol. The fourth-order valence-electron chi connectivity index (χ4n) is 1.50. The molecule has 104 valence electrons. The van der Waals surface area contributed by atoms with Crippen molar-refractivity contribution >= 4 is 11.8 Å². The Morgan fingerprint density at radius 2 is 2.16 bits per heavy atom. The van der Waals surface area contributed by atoms with Gasteiger partial charge < -0.3 is 9.47 Å². The molecule has 0 fully saturated rings. The van der Waals surface area contributed by atoms with Crippen LogP contribution in [0.2, 0.25) is 0 Å². The molecule has 0 saturated carbocycles. The van der Waals surface area contributed by atoms with Crippen molar-refractivity contribution in [1.29, 1.82) is 0 Å². The number of methoxy groups -OCH3 is 2. The number of hydrogen-bond acceptors (Lipinski definition) is 7. The SMILES string of the molecule is COC(Cn1nnnc1SCc1cnn(C)c1)OC. The molecule has 2 aromatic heterocycles. The van der Waals surface area contributed by atoms with Crippen LogP contribution in [-0.4, -0.2) is 50.5 Å². The normalized spacial score (nSPS) is 11.4. The Morgan fingerprint density at radius 1 is 1.37 bits per heavy atom. The van der Waals surface area contributed by atoms with Crippen molar-refractivity contribution in [3.8, 4) is 0 Å². The summed E-state index contributed by atoms with van der Waals surface area (Å²) in [6.07, 6.45) is 3.43. The highest BCUT2D eigenvalue weighted by atomic mass is 32.2. The van der Waals surface area contributed by atoms with Gasteiger partial charge in [0, 0.05) is 38.8 Å². The van der Waals surface area contributed by atoms with Gasteiger partial charge in [0.25, 0.3) is 0 Å². The Morgan fingerprint density at radius 3 is 2.79 bits per heavy atom. The van der Waals surface area contributed by atoms with Gasteiger partial charge in [0.1, 0.15) is 0 Å². The van der Waals surface area contributed by atoms with E-state index in [1.807, 2.05) is 19.4 Å². The Balaban J connectivity index is 1.95. The van der Waals surface area contributed by atoms with Crippen molar-refractivity contribution in [2.45, 2.75) is 23.7 Å². The maximum absolute atomic E-state index is 5.13. The van der Waals surface area contributed by atoms with Gasteiger partial charge in [-0.2, -0.15) is 5.10 Å². The summed E-state index contributed by atoms with van der Waals surface area (Å²) in [5.41, 5.74) is 1.12. The van der Waals surface area contributed by atoms with Gasteiger partial charge in [-0.3, -0.25) is 4.68 Å². The lowest BCUT2D eigenvalue weighted by Crippen LogP contribution is -2.21. The van der Waals surface area contributed by atoms with E-state index < -0.39 is 0 Å². The summed E-state index contributed by atoms with van der Waals surface area (Å²) in [5, 5.41) is 16.4. The smallest absolute Gasteiger partial charge is 0.209 e. The monoisotopic (exact) mass is 284 g/mol. The molecule has 8 nitrogen and oxygen atoms in total. The minimum atomic E-state index is -0.360. The number of aromatic nitrogens is 6. The van der Waals surface area contributed by atoms with E-state index in [0.717, 1.165) is 16.5 Å². The van der Waals surface area contributed by atoms with Crippen LogP contribution in [-0.2, 0) is 28.8 Å². The molecule has 2 aromatic rings. The first-order valence-corrected chi connectivity index (χ1v) is 6.63. The summed E-state index contributed by atoms with van der Waals surface area (Å²) in [5.74, 6) is 0.763. The molecule has 0 aliphatic carbocycles. The van der Waals surface area contributed by atoms with E-state index in [1.54, 1.807) is 35.3 Å². The molecule has 0 saturated heterocycles. The van der Waals surface area contributed by atoms with E-state index in [0.29, 0.717) is 6.54 Å². The maximum atomic E-state index is 5.13. The van der Waals surface area contributed by atoms with Crippen molar-refractivity contribution in [3.63, 3.8) is 0 Å². The van der Waals surface area contributed by atoms with Crippen molar-refractivity contribution in [3.05, 3.63) is 18.0 Å². The molecule has 0 amide bonds. The van der Waals surface area contributed by atoms with Gasteiger partial charge in [-0.25, -0.2) is 4.68 Å². The molecule has 0 spiro atoms. The molecular weight excluding hydrogens is 268 g/mol. The van der Waals surface area contributed by atoms with Crippen LogP contribution in [0.15, 0.2) is 17.6 Å². The molecule has 0 bridgehead atoms. The third-order valence-electron chi connectivity index (χ3n) is 2.47. The van der Waals surface area contributed by atoms with E-state index in [-0.39, 0.29) is 6.29 Å². The Bertz CT molecular complexity index is 510. The molecule has 0 aliphatic heterocycles. The van der Waals surface area contributed by atoms with Crippen molar-refractivity contribution in [1.82, 2.24) is 30.0 Å². The van der Waals surface area contributed by atoms with Crippen LogP contribution < -0.4 is 0 Å². The quantitative estimate of drug-likeness (QED) is 0.535. The van der Waals surface area contributed by atoms with Crippen LogP contribution in [0, 0.1) is 0 Å². The number of nitrogens with zero attached hydrogens (tertiary/aromatic N) is 6. The Labute approximate surface area is 115 Å². The highest BCUT2D eigenvalue weighted by Crippen LogP contribution is 2.19. The lowest BCUT2D eigenvalue weighted by Gasteiger charge is -2.13. The number of tetrazole rings is 1. The molecular formula is C10H16N6O2S. The van der Waals surface area contributed by atoms with Gasteiger partial charge >= 0.3 is 0 Å². The first-order chi connectivity index (χ1) is 9.22. The molecule has 0 aliphatic rings. The summed E-state index contributed by atoms with van der Waals surface area (Å²) in [6.45, 7) is 0.454. The number of ether oxygens (including phenoxy) is 2. The minimum absolute atomic E-state index is 0.360. The second-order valence-electron chi connectivity index (χ2n) is 3.86. The summed E-state index contributed by atoms with van der Waals surface area (Å²) < 4.78 is 13.7. The van der Waals surface area contributed by atoms with Crippen LogP contribution in [0.4, 0.5) is 0 Å². The van der Waals surface area contributed by atoms with E-state index in [2.05, 4.69) is 20.6 Å². The zero-order valence-corrected chi connectivity index (χ0v) is 11.9. The predicted octanol–water partition coefficient (Wildman–Crippen LogP) is 0.318. The summed E-state index contributed by atoms with van der Waals surface area (Å²) in [7, 11) is 5.06. The highest BCUT2D eigenvalue weighted by molar-refractivity contribution is 7.98. The largest absolute Gasteiger partial charge is 0.354 e. The maximum Gasteiger partial charge on any atom is 0.209 e. The van der Waals surface area contributed by atoms with E-state index in [9.17, 15) is 0 Å². The van der Waals surface area contributed by atoms with Crippen LogP contribution in [0.5, 0.6) is 0 Å². The van der Waals surface area contributed by atoms with Gasteiger partial charge in [0.2, 0.25) is 5.16 Å². The summed E-state index contributed by atoms with van der Waals surface area (Å²) in [4.78, 5) is 0. The number of rotatable bonds is 7. The topological polar surface area (TPSA) is 79.9 Å². The zero-order valence-electron chi connectivity index (χ0n) is 11.1. The summed E-state index contributed by atoms with van der Waals surface area (Å²) >= 11 is 1.55. The number of aryl methyl sites for hydroxylation is 1. The van der Waals surface area contributed by atoms with Crippen molar-refractivity contribution < 1.29 is 9.47 Å². The van der Waals surface area contributed by atoms with Gasteiger partial charge in [0.15, 0.2) is 6.29 Å². The molecule has 2 rings (SSSR count). The van der Waals surface area contributed by atoms with Gasteiger partial charge in [-0.05, 0) is 10.4 Å². The van der Waals surface area contributed by atoms with Crippen LogP contribution in [0.25, 0.3) is 0 Å². The van der Waals surface area contributed by atoms with Crippen molar-refractivity contribution in [2.75, 3.05) is 14.2 Å². The molecule has 0 atom stereocenters. The van der Waals surface area contributed by atoms with Gasteiger partial charge in [-0.1, -0.05) is 11.8 Å². The second kappa shape index (κ2) is 6.64. The first kappa shape index (κ1) is 14.0. The highest BCUT2D eigenvalue weighted by Gasteiger charge is 2.13. The molecule has 0 aromatic carbocycles. The van der Waals surface area contributed by atoms with E-state index in [1.165, 1.54) is 0 Å². The van der Waals surface area contributed by atoms with E-state index in [4.69, 9.17) is 9.47 Å². The third-order valence-corrected chi connectivity index (χ3v) is 3.50. The first-order valence-electron chi connectivity index (χ1n) is 5.65. The number of hydrogen-bond donors (Lipinski definition) is 0. The van der Waals surface area contributed by atoms with Crippen LogP contribution >= 0.6 is 11.8 Å². The minimum Gasteiger partial charge on any atom is -0.354 e. The standard InChI is InChI=1S/C10H16N6O2S/c1-15-5-8(4-11-15)7-19-10-12-13-14-16(10)6-9(17-2)18-3/h4-5,9H,6-7H2,1-3H3. The van der Waals surface area contributed by atoms with Crippen LogP contribution in [0.3, 0.4) is 0 Å². The second-order valence-corrected chi connectivity index (χ2v) is 4.80. The molecule has 19 heavy (non-hydrogen) atoms. The average Bonchev–Trinajstić information content (AvgIpc) is 3.02. The summed E-state index contributed by atoms with van der Waals surface area (Å²) in [6, 6.07) is 0. The lowest BCUT2D eigenvalue weighted by atomic mass is 10.4. The van der Waals surface area contributed by atoms with Crippen molar-refractivity contribution in [2.24, 2.45) is 7.05 Å². The molecule has 0 unspecified atom stereocenters. The fraction of sp³-hybridized carbons (Fsp3) is 0.600. The van der Waals surface area contributed by atoms with Gasteiger partial charge in [-0.15, -0.1) is 5.10 Å². The molecule has 9 heteroatoms. The lowest BCUT2D eigenvalue weighted by molar-refractivity contribution is -0.113. The number of thioether (sulfide) groups is 1. The Kier molecular flexibility index (Phi) is 4.88. The molecule has 2 heterocycles. The zero-order chi connectivity index (χ0) is 13.7.